The van der Waals surface area contributed by atoms with E-state index >= 15 is 0 Å². The lowest BCUT2D eigenvalue weighted by atomic mass is 9.94. The molecule has 1 aromatic heterocycles. The molecule has 6 nitrogen and oxygen atoms in total. The molecular formula is C18H17ClF5N3O3. The fraction of sp³-hybridized carbons (Fsp3) is 0.389. The van der Waals surface area contributed by atoms with Gasteiger partial charge in [0, 0.05) is 16.5 Å². The number of nitrogens with one attached hydrogen (secondary N) is 1. The van der Waals surface area contributed by atoms with E-state index in [-0.39, 0.29) is 18.5 Å². The second-order valence-electron chi connectivity index (χ2n) is 6.24. The molecule has 3 rings (SSSR count). The number of carboxylic acid groups (broad SMARTS) is 1. The van der Waals surface area contributed by atoms with Crippen molar-refractivity contribution in [3.05, 3.63) is 52.3 Å². The van der Waals surface area contributed by atoms with Crippen molar-refractivity contribution < 1.29 is 36.6 Å². The number of benzene rings is 1. The molecule has 0 spiro atoms. The van der Waals surface area contributed by atoms with Crippen LogP contribution in [-0.2, 0) is 11.4 Å². The summed E-state index contributed by atoms with van der Waals surface area (Å²) in [6, 6.07) is 4.38. The molecule has 30 heavy (non-hydrogen) atoms. The Balaban J connectivity index is 0.000000396. The molecule has 0 unspecified atom stereocenters. The van der Waals surface area contributed by atoms with Gasteiger partial charge in [-0.3, -0.25) is 0 Å². The Bertz CT molecular complexity index is 877. The molecular weight excluding hydrogens is 437 g/mol. The van der Waals surface area contributed by atoms with Gasteiger partial charge in [0.1, 0.15) is 12.4 Å². The van der Waals surface area contributed by atoms with Gasteiger partial charge in [0.05, 0.1) is 11.9 Å². The average molecular weight is 454 g/mol. The van der Waals surface area contributed by atoms with Crippen LogP contribution in [0.25, 0.3) is 0 Å². The summed E-state index contributed by atoms with van der Waals surface area (Å²) in [4.78, 5) is 16.9. The minimum Gasteiger partial charge on any atom is -0.475 e. The number of aliphatic carboxylic acids is 1. The van der Waals surface area contributed by atoms with Gasteiger partial charge >= 0.3 is 18.2 Å². The van der Waals surface area contributed by atoms with Gasteiger partial charge in [-0.15, -0.1) is 0 Å². The Morgan fingerprint density at radius 1 is 1.23 bits per heavy atom. The molecule has 1 saturated heterocycles. The van der Waals surface area contributed by atoms with Crippen LogP contribution in [0.1, 0.15) is 30.0 Å². The van der Waals surface area contributed by atoms with Crippen molar-refractivity contribution in [2.24, 2.45) is 0 Å². The highest BCUT2D eigenvalue weighted by Crippen LogP contribution is 2.26. The van der Waals surface area contributed by atoms with Gasteiger partial charge in [0.2, 0.25) is 0 Å². The predicted octanol–water partition coefficient (Wildman–Crippen LogP) is 4.09. The van der Waals surface area contributed by atoms with Gasteiger partial charge in [-0.2, -0.15) is 18.2 Å². The summed E-state index contributed by atoms with van der Waals surface area (Å²) >= 11 is 5.71. The molecule has 1 fully saturated rings. The zero-order valence-electron chi connectivity index (χ0n) is 15.3. The molecule has 12 heteroatoms. The first-order chi connectivity index (χ1) is 14.1. The first-order valence-electron chi connectivity index (χ1n) is 8.68. The molecule has 1 aliphatic rings. The molecule has 0 amide bonds. The lowest BCUT2D eigenvalue weighted by Gasteiger charge is -2.22. The van der Waals surface area contributed by atoms with E-state index in [2.05, 4.69) is 15.3 Å². The number of aromatic nitrogens is 2. The molecule has 2 aromatic rings. The second kappa shape index (κ2) is 10.5. The predicted molar refractivity (Wildman–Crippen MR) is 96.3 cm³/mol. The maximum Gasteiger partial charge on any atom is 0.490 e. The fourth-order valence-electron chi connectivity index (χ4n) is 2.60. The summed E-state index contributed by atoms with van der Waals surface area (Å²) in [5.41, 5.74) is 0.707. The molecule has 0 atom stereocenters. The van der Waals surface area contributed by atoms with E-state index in [0.717, 1.165) is 32.1 Å². The summed E-state index contributed by atoms with van der Waals surface area (Å²) in [7, 11) is 0. The minimum atomic E-state index is -5.08. The van der Waals surface area contributed by atoms with Crippen LogP contribution < -0.4 is 10.1 Å². The number of carbonyl (C=O) groups is 1. The largest absolute Gasteiger partial charge is 0.490 e. The van der Waals surface area contributed by atoms with Crippen LogP contribution in [0, 0.1) is 11.6 Å². The molecule has 164 valence electrons. The molecule has 0 bridgehead atoms. The SMILES string of the molecule is Fc1cc(Cl)ccc1COc1ncc(F)c(C2CCNCC2)n1.O=C(O)C(F)(F)F. The first kappa shape index (κ1) is 23.7. The third-order valence-corrected chi connectivity index (χ3v) is 4.32. The number of ether oxygens (including phenoxy) is 1. The third-order valence-electron chi connectivity index (χ3n) is 4.09. The van der Waals surface area contributed by atoms with Crippen molar-refractivity contribution >= 4 is 17.6 Å². The van der Waals surface area contributed by atoms with Crippen LogP contribution in [0.3, 0.4) is 0 Å². The molecule has 2 heterocycles. The number of halogens is 6. The standard InChI is InChI=1S/C16H16ClF2N3O.C2HF3O2/c17-12-2-1-11(13(18)7-12)9-23-16-21-8-14(19)15(22-16)10-3-5-20-6-4-10;3-2(4,5)1(6)7/h1-2,7-8,10,20H,3-6,9H2;(H,6,7). The number of piperidine rings is 1. The van der Waals surface area contributed by atoms with Crippen LogP contribution in [0.4, 0.5) is 22.0 Å². The summed E-state index contributed by atoms with van der Waals surface area (Å²) in [6.07, 6.45) is -2.34. The van der Waals surface area contributed by atoms with Crippen molar-refractivity contribution in [1.29, 1.82) is 0 Å². The molecule has 0 radical (unpaired) electrons. The van der Waals surface area contributed by atoms with Crippen molar-refractivity contribution in [2.45, 2.75) is 31.5 Å². The fourth-order valence-corrected chi connectivity index (χ4v) is 2.75. The van der Waals surface area contributed by atoms with Crippen LogP contribution in [0.15, 0.2) is 24.4 Å². The summed E-state index contributed by atoms with van der Waals surface area (Å²) in [6.45, 7) is 1.63. The number of hydrogen-bond donors (Lipinski definition) is 2. The van der Waals surface area contributed by atoms with Crippen molar-refractivity contribution in [2.75, 3.05) is 13.1 Å². The van der Waals surface area contributed by atoms with Crippen LogP contribution in [0.2, 0.25) is 5.02 Å². The first-order valence-corrected chi connectivity index (χ1v) is 9.05. The van der Waals surface area contributed by atoms with Gasteiger partial charge < -0.3 is 15.2 Å². The minimum absolute atomic E-state index is 0.0414. The highest BCUT2D eigenvalue weighted by atomic mass is 35.5. The van der Waals surface area contributed by atoms with Crippen molar-refractivity contribution in [3.8, 4) is 6.01 Å². The maximum absolute atomic E-state index is 14.0. The highest BCUT2D eigenvalue weighted by molar-refractivity contribution is 6.30. The molecule has 0 saturated carbocycles. The van der Waals surface area contributed by atoms with E-state index in [1.54, 1.807) is 6.07 Å². The average Bonchev–Trinajstić information content (AvgIpc) is 2.69. The number of alkyl halides is 3. The molecule has 1 aliphatic heterocycles. The van der Waals surface area contributed by atoms with E-state index in [0.29, 0.717) is 16.3 Å². The Kier molecular flexibility index (Phi) is 8.30. The zero-order chi connectivity index (χ0) is 22.3. The monoisotopic (exact) mass is 453 g/mol. The number of nitrogens with zero attached hydrogens (tertiary/aromatic N) is 2. The Morgan fingerprint density at radius 2 is 1.87 bits per heavy atom. The van der Waals surface area contributed by atoms with E-state index in [9.17, 15) is 22.0 Å². The van der Waals surface area contributed by atoms with E-state index in [1.807, 2.05) is 0 Å². The maximum atomic E-state index is 14.0. The topological polar surface area (TPSA) is 84.3 Å². The molecule has 2 N–H and O–H groups in total. The highest BCUT2D eigenvalue weighted by Gasteiger charge is 2.38. The van der Waals surface area contributed by atoms with Gasteiger partial charge in [-0.25, -0.2) is 18.6 Å². The Labute approximate surface area is 173 Å². The third kappa shape index (κ3) is 7.06. The van der Waals surface area contributed by atoms with Gasteiger partial charge in [-0.1, -0.05) is 17.7 Å². The normalized spacial score (nSPS) is 14.6. The summed E-state index contributed by atoms with van der Waals surface area (Å²) in [5.74, 6) is -3.60. The summed E-state index contributed by atoms with van der Waals surface area (Å²) < 4.78 is 64.8. The van der Waals surface area contributed by atoms with Crippen LogP contribution >= 0.6 is 11.6 Å². The van der Waals surface area contributed by atoms with Gasteiger partial charge in [0.15, 0.2) is 5.82 Å². The van der Waals surface area contributed by atoms with Crippen LogP contribution in [0.5, 0.6) is 6.01 Å². The van der Waals surface area contributed by atoms with Gasteiger partial charge in [0.25, 0.3) is 0 Å². The second-order valence-corrected chi connectivity index (χ2v) is 6.67. The number of carboxylic acids is 1. The number of rotatable bonds is 4. The lowest BCUT2D eigenvalue weighted by Crippen LogP contribution is -2.27. The van der Waals surface area contributed by atoms with E-state index < -0.39 is 23.8 Å². The Morgan fingerprint density at radius 3 is 2.43 bits per heavy atom. The van der Waals surface area contributed by atoms with E-state index in [4.69, 9.17) is 26.2 Å². The quantitative estimate of drug-likeness (QED) is 0.678. The van der Waals surface area contributed by atoms with Crippen LogP contribution in [-0.4, -0.2) is 40.3 Å². The van der Waals surface area contributed by atoms with Crippen molar-refractivity contribution in [3.63, 3.8) is 0 Å². The van der Waals surface area contributed by atoms with E-state index in [1.165, 1.54) is 12.1 Å². The molecule has 1 aromatic carbocycles. The van der Waals surface area contributed by atoms with Crippen molar-refractivity contribution in [1.82, 2.24) is 15.3 Å². The Hall–Kier alpha value is -2.53. The number of hydrogen-bond acceptors (Lipinski definition) is 5. The van der Waals surface area contributed by atoms with Gasteiger partial charge in [-0.05, 0) is 38.1 Å². The zero-order valence-corrected chi connectivity index (χ0v) is 16.1. The lowest BCUT2D eigenvalue weighted by molar-refractivity contribution is -0.192. The smallest absolute Gasteiger partial charge is 0.475 e. The molecule has 0 aliphatic carbocycles. The summed E-state index contributed by atoms with van der Waals surface area (Å²) in [5, 5.41) is 10.7.